The van der Waals surface area contributed by atoms with Crippen LogP contribution in [0.5, 0.6) is 0 Å². The standard InChI is InChI=1S/C23H34N8/c1-6-15-8-9-16(18(24)7-2)12-19(15)28-22-30-20(26-14-23(3,4)5)29-21(31-22)27-17-10-11-25-13-17/h8-9,12,17,25H,2,6,10-11,13-14,24H2,1,3-5H3,(H3,26,27,28,29,30,31)/t17-/m1/s1. The van der Waals surface area contributed by atoms with Gasteiger partial charge in [0.2, 0.25) is 17.8 Å². The average molecular weight is 423 g/mol. The zero-order valence-electron chi connectivity index (χ0n) is 19.0. The average Bonchev–Trinajstić information content (AvgIpc) is 3.24. The third-order valence-corrected chi connectivity index (χ3v) is 5.04. The van der Waals surface area contributed by atoms with E-state index in [0.29, 0.717) is 29.6 Å². The fourth-order valence-corrected chi connectivity index (χ4v) is 3.27. The molecule has 0 saturated carbocycles. The fraction of sp³-hybridized carbons (Fsp3) is 0.478. The highest BCUT2D eigenvalue weighted by atomic mass is 15.3. The summed E-state index contributed by atoms with van der Waals surface area (Å²) < 4.78 is 0. The van der Waals surface area contributed by atoms with Crippen LogP contribution in [0, 0.1) is 5.41 Å². The second-order valence-corrected chi connectivity index (χ2v) is 9.00. The normalized spacial score (nSPS) is 15.9. The highest BCUT2D eigenvalue weighted by molar-refractivity contribution is 5.70. The quantitative estimate of drug-likeness (QED) is 0.411. The third-order valence-electron chi connectivity index (χ3n) is 5.04. The van der Waals surface area contributed by atoms with Crippen LogP contribution < -0.4 is 27.0 Å². The molecule has 8 nitrogen and oxygen atoms in total. The second-order valence-electron chi connectivity index (χ2n) is 9.00. The summed E-state index contributed by atoms with van der Waals surface area (Å²) in [5.74, 6) is 1.58. The SMILES string of the molecule is C=C=C(N)c1ccc(CC)c(Nc2nc(NCC(C)(C)C)nc(N[C@@H]3CCNC3)n2)c1. The van der Waals surface area contributed by atoms with Crippen molar-refractivity contribution in [2.45, 2.75) is 46.6 Å². The van der Waals surface area contributed by atoms with Gasteiger partial charge in [-0.2, -0.15) is 15.0 Å². The Morgan fingerprint density at radius 3 is 2.61 bits per heavy atom. The van der Waals surface area contributed by atoms with Crippen LogP contribution in [0.15, 0.2) is 30.5 Å². The minimum absolute atomic E-state index is 0.0987. The van der Waals surface area contributed by atoms with E-state index in [0.717, 1.165) is 49.3 Å². The first-order chi connectivity index (χ1) is 14.8. The number of rotatable bonds is 8. The van der Waals surface area contributed by atoms with E-state index < -0.39 is 0 Å². The predicted molar refractivity (Wildman–Crippen MR) is 129 cm³/mol. The molecule has 166 valence electrons. The molecule has 6 N–H and O–H groups in total. The van der Waals surface area contributed by atoms with Gasteiger partial charge < -0.3 is 27.0 Å². The summed E-state index contributed by atoms with van der Waals surface area (Å²) in [6.45, 7) is 14.9. The molecule has 0 amide bonds. The van der Waals surface area contributed by atoms with Crippen LogP contribution in [0.2, 0.25) is 0 Å². The van der Waals surface area contributed by atoms with Crippen LogP contribution in [0.3, 0.4) is 0 Å². The molecule has 1 aliphatic rings. The first kappa shape index (κ1) is 22.6. The van der Waals surface area contributed by atoms with Gasteiger partial charge in [-0.3, -0.25) is 0 Å². The number of hydrogen-bond acceptors (Lipinski definition) is 8. The van der Waals surface area contributed by atoms with Crippen molar-refractivity contribution in [1.29, 1.82) is 0 Å². The number of benzene rings is 1. The Balaban J connectivity index is 1.92. The van der Waals surface area contributed by atoms with Crippen molar-refractivity contribution in [3.8, 4) is 0 Å². The molecule has 31 heavy (non-hydrogen) atoms. The van der Waals surface area contributed by atoms with Gasteiger partial charge in [0.1, 0.15) is 0 Å². The minimum atomic E-state index is 0.0987. The molecular weight excluding hydrogens is 388 g/mol. The van der Waals surface area contributed by atoms with Crippen LogP contribution in [0.4, 0.5) is 23.5 Å². The fourth-order valence-electron chi connectivity index (χ4n) is 3.27. The Morgan fingerprint density at radius 1 is 1.23 bits per heavy atom. The molecular formula is C23H34N8. The van der Waals surface area contributed by atoms with Gasteiger partial charge in [0.25, 0.3) is 0 Å². The molecule has 0 unspecified atom stereocenters. The molecule has 1 aromatic carbocycles. The van der Waals surface area contributed by atoms with E-state index in [-0.39, 0.29) is 5.41 Å². The smallest absolute Gasteiger partial charge is 0.233 e. The lowest BCUT2D eigenvalue weighted by molar-refractivity contribution is 0.442. The van der Waals surface area contributed by atoms with Crippen molar-refractivity contribution in [2.24, 2.45) is 11.1 Å². The summed E-state index contributed by atoms with van der Waals surface area (Å²) in [5, 5.41) is 13.5. The summed E-state index contributed by atoms with van der Waals surface area (Å²) in [5.41, 5.74) is 12.3. The summed E-state index contributed by atoms with van der Waals surface area (Å²) in [7, 11) is 0. The molecule has 2 heterocycles. The maximum Gasteiger partial charge on any atom is 0.233 e. The number of aryl methyl sites for hydroxylation is 1. The Morgan fingerprint density at radius 2 is 1.97 bits per heavy atom. The van der Waals surface area contributed by atoms with Gasteiger partial charge in [-0.05, 0) is 36.4 Å². The molecule has 1 atom stereocenters. The highest BCUT2D eigenvalue weighted by Gasteiger charge is 2.18. The lowest BCUT2D eigenvalue weighted by atomic mass is 9.97. The van der Waals surface area contributed by atoms with Gasteiger partial charge in [-0.1, -0.05) is 46.4 Å². The largest absolute Gasteiger partial charge is 0.392 e. The van der Waals surface area contributed by atoms with E-state index in [2.05, 4.69) is 76.2 Å². The van der Waals surface area contributed by atoms with Gasteiger partial charge in [0.05, 0.1) is 5.70 Å². The van der Waals surface area contributed by atoms with E-state index >= 15 is 0 Å². The van der Waals surface area contributed by atoms with Crippen LogP contribution in [-0.2, 0) is 6.42 Å². The zero-order chi connectivity index (χ0) is 22.4. The highest BCUT2D eigenvalue weighted by Crippen LogP contribution is 2.25. The van der Waals surface area contributed by atoms with E-state index in [4.69, 9.17) is 5.73 Å². The molecule has 0 radical (unpaired) electrons. The summed E-state index contributed by atoms with van der Waals surface area (Å²) in [6, 6.07) is 6.30. The maximum atomic E-state index is 6.02. The number of anilines is 4. The number of aromatic nitrogens is 3. The Labute approximate surface area is 184 Å². The first-order valence-electron chi connectivity index (χ1n) is 10.8. The van der Waals surface area contributed by atoms with E-state index in [9.17, 15) is 0 Å². The Kier molecular flexibility index (Phi) is 7.15. The van der Waals surface area contributed by atoms with Crippen LogP contribution in [0.1, 0.15) is 45.2 Å². The van der Waals surface area contributed by atoms with E-state index in [1.165, 1.54) is 0 Å². The molecule has 2 aromatic rings. The van der Waals surface area contributed by atoms with Gasteiger partial charge >= 0.3 is 0 Å². The van der Waals surface area contributed by atoms with Crippen molar-refractivity contribution in [3.63, 3.8) is 0 Å². The molecule has 8 heteroatoms. The van der Waals surface area contributed by atoms with Crippen LogP contribution in [-0.4, -0.2) is 40.6 Å². The second kappa shape index (κ2) is 9.81. The molecule has 1 aromatic heterocycles. The number of nitrogens with zero attached hydrogens (tertiary/aromatic N) is 3. The van der Waals surface area contributed by atoms with Gasteiger partial charge in [0, 0.05) is 30.4 Å². The topological polar surface area (TPSA) is 113 Å². The predicted octanol–water partition coefficient (Wildman–Crippen LogP) is 3.49. The summed E-state index contributed by atoms with van der Waals surface area (Å²) >= 11 is 0. The monoisotopic (exact) mass is 422 g/mol. The molecule has 1 aliphatic heterocycles. The summed E-state index contributed by atoms with van der Waals surface area (Å²) in [6.07, 6.45) is 1.90. The van der Waals surface area contributed by atoms with Crippen molar-refractivity contribution >= 4 is 29.2 Å². The molecule has 0 bridgehead atoms. The van der Waals surface area contributed by atoms with Gasteiger partial charge in [0.15, 0.2) is 0 Å². The number of hydrogen-bond donors (Lipinski definition) is 5. The van der Waals surface area contributed by atoms with Gasteiger partial charge in [-0.25, -0.2) is 0 Å². The Hall–Kier alpha value is -3.09. The molecule has 1 fully saturated rings. The van der Waals surface area contributed by atoms with Crippen LogP contribution >= 0.6 is 0 Å². The molecule has 0 spiro atoms. The minimum Gasteiger partial charge on any atom is -0.392 e. The van der Waals surface area contributed by atoms with Crippen molar-refractivity contribution in [1.82, 2.24) is 20.3 Å². The number of nitrogens with two attached hydrogens (primary N) is 1. The lowest BCUT2D eigenvalue weighted by Gasteiger charge is -2.20. The first-order valence-corrected chi connectivity index (χ1v) is 10.8. The van der Waals surface area contributed by atoms with Gasteiger partial charge in [-0.15, -0.1) is 5.73 Å². The molecule has 1 saturated heterocycles. The van der Waals surface area contributed by atoms with Crippen molar-refractivity contribution < 1.29 is 0 Å². The third kappa shape index (κ3) is 6.44. The maximum absolute atomic E-state index is 6.02. The summed E-state index contributed by atoms with van der Waals surface area (Å²) in [4.78, 5) is 13.8. The lowest BCUT2D eigenvalue weighted by Crippen LogP contribution is -2.25. The van der Waals surface area contributed by atoms with Crippen molar-refractivity contribution in [2.75, 3.05) is 35.6 Å². The number of nitrogens with one attached hydrogen (secondary N) is 4. The zero-order valence-corrected chi connectivity index (χ0v) is 19.0. The molecule has 3 rings (SSSR count). The Bertz CT molecular complexity index is 951. The van der Waals surface area contributed by atoms with E-state index in [1.807, 2.05) is 18.2 Å². The van der Waals surface area contributed by atoms with E-state index in [1.54, 1.807) is 0 Å². The van der Waals surface area contributed by atoms with Crippen molar-refractivity contribution in [3.05, 3.63) is 41.6 Å². The molecule has 0 aliphatic carbocycles. The van der Waals surface area contributed by atoms with Crippen LogP contribution in [0.25, 0.3) is 5.70 Å².